The molecule has 5 nitrogen and oxygen atoms in total. The van der Waals surface area contributed by atoms with Gasteiger partial charge in [0.05, 0.1) is 29.4 Å². The van der Waals surface area contributed by atoms with Crippen LogP contribution in [0.15, 0.2) is 29.2 Å². The fraction of sp³-hybridized carbons (Fsp3) is 0.368. The lowest BCUT2D eigenvalue weighted by Gasteiger charge is -2.24. The van der Waals surface area contributed by atoms with Crippen molar-refractivity contribution in [1.29, 1.82) is 0 Å². The molecule has 1 unspecified atom stereocenters. The number of ether oxygens (including phenoxy) is 2. The number of fused-ring (bicyclic) bond motifs is 3. The minimum Gasteiger partial charge on any atom is -0.495 e. The Hall–Kier alpha value is -2.27. The molecule has 1 atom stereocenters. The predicted octanol–water partition coefficient (Wildman–Crippen LogP) is 3.97. The molecule has 2 heterocycles. The van der Waals surface area contributed by atoms with E-state index >= 15 is 0 Å². The van der Waals surface area contributed by atoms with Crippen LogP contribution in [0.4, 0.5) is 0 Å². The molecule has 0 fully saturated rings. The minimum absolute atomic E-state index is 0.0223. The van der Waals surface area contributed by atoms with Gasteiger partial charge in [-0.25, -0.2) is 0 Å². The normalized spacial score (nSPS) is 15.8. The first-order valence-corrected chi connectivity index (χ1v) is 8.49. The highest BCUT2D eigenvalue weighted by Crippen LogP contribution is 2.42. The van der Waals surface area contributed by atoms with Crippen molar-refractivity contribution < 1.29 is 14.3 Å². The van der Waals surface area contributed by atoms with Crippen LogP contribution in [0.2, 0.25) is 5.02 Å². The second kappa shape index (κ2) is 6.56. The van der Waals surface area contributed by atoms with Gasteiger partial charge in [-0.2, -0.15) is 0 Å². The average Bonchev–Trinajstić information content (AvgIpc) is 2.70. The molecule has 0 amide bonds. The quantitative estimate of drug-likeness (QED) is 0.776. The van der Waals surface area contributed by atoms with Crippen LogP contribution in [-0.4, -0.2) is 24.1 Å². The van der Waals surface area contributed by atoms with Gasteiger partial charge in [-0.15, -0.1) is 0 Å². The Labute approximate surface area is 151 Å². The molecule has 0 spiro atoms. The summed E-state index contributed by atoms with van der Waals surface area (Å²) < 4.78 is 13.2. The second-order valence-electron chi connectivity index (χ2n) is 6.51. The summed E-state index contributed by atoms with van der Waals surface area (Å²) in [6.45, 7) is 5.97. The third-order valence-electron chi connectivity index (χ3n) is 4.53. The lowest BCUT2D eigenvalue weighted by atomic mass is 10.0. The number of carbonyl (C=O) groups is 1. The topological polar surface area (TPSA) is 57.5 Å². The van der Waals surface area contributed by atoms with Gasteiger partial charge in [-0.05, 0) is 18.9 Å². The van der Waals surface area contributed by atoms with Gasteiger partial charge in [0, 0.05) is 23.9 Å². The first-order valence-electron chi connectivity index (χ1n) is 8.11. The molecule has 132 valence electrons. The zero-order valence-electron chi connectivity index (χ0n) is 14.6. The Balaban J connectivity index is 2.33. The number of hydrogen-bond acceptors (Lipinski definition) is 4. The van der Waals surface area contributed by atoms with Crippen LogP contribution in [0.1, 0.15) is 37.2 Å². The van der Waals surface area contributed by atoms with E-state index in [1.807, 2.05) is 4.57 Å². The standard InChI is InChI=1S/C19H20ClNO4/c1-10(2)16-9-25-18-7-19(24-4)14(20)5-12(18)15-6-17(23)13(11(3)22)8-21(15)16/h5-8,10,16H,9H2,1-4H3. The molecular formula is C19H20ClNO4. The summed E-state index contributed by atoms with van der Waals surface area (Å²) in [4.78, 5) is 24.2. The SMILES string of the molecule is COc1cc2c(cc1Cl)-c1cc(=O)c(C(C)=O)cn1C(C(C)C)CO2. The Kier molecular flexibility index (Phi) is 4.60. The highest BCUT2D eigenvalue weighted by atomic mass is 35.5. The maximum absolute atomic E-state index is 12.4. The maximum atomic E-state index is 12.4. The predicted molar refractivity (Wildman–Crippen MR) is 97.1 cm³/mol. The highest BCUT2D eigenvalue weighted by Gasteiger charge is 2.27. The number of carbonyl (C=O) groups excluding carboxylic acids is 1. The van der Waals surface area contributed by atoms with Crippen molar-refractivity contribution in [2.24, 2.45) is 5.92 Å². The summed E-state index contributed by atoms with van der Waals surface area (Å²) in [6.07, 6.45) is 1.64. The number of hydrogen-bond donors (Lipinski definition) is 0. The van der Waals surface area contributed by atoms with E-state index < -0.39 is 0 Å². The first-order chi connectivity index (χ1) is 11.8. The molecule has 0 aliphatic carbocycles. The number of Topliss-reactive ketones (excluding diaryl/α,β-unsaturated/α-hetero) is 1. The van der Waals surface area contributed by atoms with Gasteiger partial charge < -0.3 is 14.0 Å². The molecule has 0 bridgehead atoms. The molecule has 1 aromatic carbocycles. The lowest BCUT2D eigenvalue weighted by molar-refractivity contribution is 0.101. The number of aromatic nitrogens is 1. The van der Waals surface area contributed by atoms with Crippen molar-refractivity contribution in [2.75, 3.05) is 13.7 Å². The first kappa shape index (κ1) is 17.5. The van der Waals surface area contributed by atoms with Gasteiger partial charge >= 0.3 is 0 Å². The van der Waals surface area contributed by atoms with E-state index in [9.17, 15) is 9.59 Å². The molecule has 1 aromatic heterocycles. The minimum atomic E-state index is -0.305. The van der Waals surface area contributed by atoms with Crippen molar-refractivity contribution >= 4 is 17.4 Å². The average molecular weight is 362 g/mol. The summed E-state index contributed by atoms with van der Waals surface area (Å²) in [5.74, 6) is 1.11. The van der Waals surface area contributed by atoms with E-state index in [0.717, 1.165) is 0 Å². The number of ketones is 1. The van der Waals surface area contributed by atoms with Crippen LogP contribution in [0.3, 0.4) is 0 Å². The van der Waals surface area contributed by atoms with Crippen LogP contribution in [-0.2, 0) is 0 Å². The van der Waals surface area contributed by atoms with Crippen LogP contribution in [0.25, 0.3) is 11.3 Å². The summed E-state index contributed by atoms with van der Waals surface area (Å²) in [7, 11) is 1.54. The number of benzene rings is 1. The molecule has 0 N–H and O–H groups in total. The van der Waals surface area contributed by atoms with Gasteiger partial charge in [0.1, 0.15) is 18.1 Å². The van der Waals surface area contributed by atoms with Crippen molar-refractivity contribution in [1.82, 2.24) is 4.57 Å². The van der Waals surface area contributed by atoms with Gasteiger partial charge in [0.25, 0.3) is 0 Å². The van der Waals surface area contributed by atoms with Crippen molar-refractivity contribution in [3.05, 3.63) is 45.2 Å². The summed E-state index contributed by atoms with van der Waals surface area (Å²) >= 11 is 6.28. The summed E-state index contributed by atoms with van der Waals surface area (Å²) in [5, 5.41) is 0.433. The van der Waals surface area contributed by atoms with Crippen molar-refractivity contribution in [3.63, 3.8) is 0 Å². The largest absolute Gasteiger partial charge is 0.495 e. The monoisotopic (exact) mass is 361 g/mol. The number of nitrogens with zero attached hydrogens (tertiary/aromatic N) is 1. The van der Waals surface area contributed by atoms with E-state index in [4.69, 9.17) is 21.1 Å². The van der Waals surface area contributed by atoms with E-state index in [1.165, 1.54) is 13.0 Å². The third kappa shape index (κ3) is 3.04. The molecular weight excluding hydrogens is 342 g/mol. The van der Waals surface area contributed by atoms with Crippen molar-refractivity contribution in [3.8, 4) is 22.8 Å². The number of halogens is 1. The third-order valence-corrected chi connectivity index (χ3v) is 4.82. The summed E-state index contributed by atoms with van der Waals surface area (Å²) in [6, 6.07) is 4.93. The van der Waals surface area contributed by atoms with Gasteiger partial charge in [-0.1, -0.05) is 25.4 Å². The summed E-state index contributed by atoms with van der Waals surface area (Å²) in [5.41, 5.74) is 1.27. The molecule has 3 rings (SSSR count). The Bertz CT molecular complexity index is 901. The van der Waals surface area contributed by atoms with E-state index in [1.54, 1.807) is 25.4 Å². The zero-order chi connectivity index (χ0) is 18.3. The van der Waals surface area contributed by atoms with Gasteiger partial charge in [0.2, 0.25) is 0 Å². The van der Waals surface area contributed by atoms with E-state index in [-0.39, 0.29) is 28.7 Å². The van der Waals surface area contributed by atoms with Gasteiger partial charge in [0.15, 0.2) is 11.2 Å². The molecule has 0 saturated carbocycles. The Morgan fingerprint density at radius 3 is 2.68 bits per heavy atom. The zero-order valence-corrected chi connectivity index (χ0v) is 15.4. The fourth-order valence-electron chi connectivity index (χ4n) is 3.08. The maximum Gasteiger partial charge on any atom is 0.192 e. The Morgan fingerprint density at radius 1 is 1.36 bits per heavy atom. The molecule has 25 heavy (non-hydrogen) atoms. The molecule has 1 aliphatic heterocycles. The van der Waals surface area contributed by atoms with Crippen molar-refractivity contribution in [2.45, 2.75) is 26.8 Å². The van der Waals surface area contributed by atoms with E-state index in [2.05, 4.69) is 13.8 Å². The number of methoxy groups -OCH3 is 1. The molecule has 2 aromatic rings. The van der Waals surface area contributed by atoms with Crippen LogP contribution < -0.4 is 14.9 Å². The fourth-order valence-corrected chi connectivity index (χ4v) is 3.33. The van der Waals surface area contributed by atoms with E-state index in [0.29, 0.717) is 34.4 Å². The second-order valence-corrected chi connectivity index (χ2v) is 6.91. The number of pyridine rings is 1. The highest BCUT2D eigenvalue weighted by molar-refractivity contribution is 6.32. The molecule has 1 aliphatic rings. The van der Waals surface area contributed by atoms with Gasteiger partial charge in [-0.3, -0.25) is 9.59 Å². The van der Waals surface area contributed by atoms with Crippen LogP contribution in [0, 0.1) is 5.92 Å². The lowest BCUT2D eigenvalue weighted by Crippen LogP contribution is -2.25. The molecule has 6 heteroatoms. The number of rotatable bonds is 3. The smallest absolute Gasteiger partial charge is 0.192 e. The molecule has 0 radical (unpaired) electrons. The van der Waals surface area contributed by atoms with Crippen LogP contribution >= 0.6 is 11.6 Å². The molecule has 0 saturated heterocycles. The van der Waals surface area contributed by atoms with Crippen LogP contribution in [0.5, 0.6) is 11.5 Å². The Morgan fingerprint density at radius 2 is 2.08 bits per heavy atom.